The number of ether oxygens (including phenoxy) is 2. The van der Waals surface area contributed by atoms with E-state index in [0.717, 1.165) is 0 Å². The van der Waals surface area contributed by atoms with Gasteiger partial charge in [-0.15, -0.1) is 0 Å². The lowest BCUT2D eigenvalue weighted by atomic mass is 10.2. The van der Waals surface area contributed by atoms with Crippen LogP contribution in [-0.4, -0.2) is 31.5 Å². The number of hydrogen-bond acceptors (Lipinski definition) is 4. The van der Waals surface area contributed by atoms with Crippen molar-refractivity contribution >= 4 is 11.8 Å². The minimum atomic E-state index is -0.538. The van der Waals surface area contributed by atoms with Gasteiger partial charge in [0, 0.05) is 5.56 Å². The van der Waals surface area contributed by atoms with Crippen LogP contribution in [0.3, 0.4) is 0 Å². The van der Waals surface area contributed by atoms with Gasteiger partial charge in [-0.05, 0) is 24.1 Å². The van der Waals surface area contributed by atoms with E-state index in [2.05, 4.69) is 17.2 Å². The summed E-state index contributed by atoms with van der Waals surface area (Å²) < 4.78 is 10.2. The lowest BCUT2D eigenvalue weighted by Gasteiger charge is -2.12. The van der Waals surface area contributed by atoms with Crippen molar-refractivity contribution in [2.24, 2.45) is 5.92 Å². The molecule has 0 aliphatic carbocycles. The summed E-state index contributed by atoms with van der Waals surface area (Å²) in [5.74, 6) is 6.09. The summed E-state index contributed by atoms with van der Waals surface area (Å²) in [7, 11) is 1.51. The molecular formula is C15H19NO4. The number of nitrogens with one attached hydrogen (secondary N) is 1. The molecule has 5 nitrogen and oxygen atoms in total. The fourth-order valence-corrected chi connectivity index (χ4v) is 1.41. The Morgan fingerprint density at radius 2 is 2.20 bits per heavy atom. The van der Waals surface area contributed by atoms with Crippen molar-refractivity contribution in [1.29, 1.82) is 0 Å². The predicted octanol–water partition coefficient (Wildman–Crippen LogP) is 2.24. The maximum absolute atomic E-state index is 11.6. The topological polar surface area (TPSA) is 67.8 Å². The monoisotopic (exact) mass is 277 g/mol. The van der Waals surface area contributed by atoms with Gasteiger partial charge in [0.05, 0.1) is 19.4 Å². The molecule has 0 spiro atoms. The number of benzene rings is 1. The van der Waals surface area contributed by atoms with Crippen LogP contribution in [0.5, 0.6) is 5.75 Å². The number of carbonyl (C=O) groups is 1. The third-order valence-corrected chi connectivity index (χ3v) is 2.30. The Balaban J connectivity index is 2.82. The molecule has 1 aromatic carbocycles. The van der Waals surface area contributed by atoms with E-state index in [9.17, 15) is 4.79 Å². The van der Waals surface area contributed by atoms with Crippen molar-refractivity contribution in [3.63, 3.8) is 0 Å². The van der Waals surface area contributed by atoms with Gasteiger partial charge in [0.2, 0.25) is 0 Å². The van der Waals surface area contributed by atoms with Gasteiger partial charge in [-0.1, -0.05) is 25.7 Å². The SMILES string of the molecule is COc1ccc(C#CCO)cc1NC(=O)OCC(C)C. The van der Waals surface area contributed by atoms with Crippen LogP contribution in [0.2, 0.25) is 0 Å². The fourth-order valence-electron chi connectivity index (χ4n) is 1.41. The van der Waals surface area contributed by atoms with Crippen molar-refractivity contribution in [2.45, 2.75) is 13.8 Å². The lowest BCUT2D eigenvalue weighted by Crippen LogP contribution is -2.17. The second-order valence-electron chi connectivity index (χ2n) is 4.49. The van der Waals surface area contributed by atoms with Gasteiger partial charge in [-0.2, -0.15) is 0 Å². The van der Waals surface area contributed by atoms with Crippen LogP contribution >= 0.6 is 0 Å². The summed E-state index contributed by atoms with van der Waals surface area (Å²) in [5, 5.41) is 11.3. The maximum Gasteiger partial charge on any atom is 0.411 e. The second-order valence-corrected chi connectivity index (χ2v) is 4.49. The first-order valence-electron chi connectivity index (χ1n) is 6.28. The maximum atomic E-state index is 11.6. The molecule has 1 amide bonds. The number of methoxy groups -OCH3 is 1. The first-order chi connectivity index (χ1) is 9.56. The molecule has 2 N–H and O–H groups in total. The van der Waals surface area contributed by atoms with Gasteiger partial charge in [-0.25, -0.2) is 4.79 Å². The first-order valence-corrected chi connectivity index (χ1v) is 6.28. The summed E-state index contributed by atoms with van der Waals surface area (Å²) in [4.78, 5) is 11.6. The largest absolute Gasteiger partial charge is 0.495 e. The van der Waals surface area contributed by atoms with Gasteiger partial charge < -0.3 is 14.6 Å². The molecular weight excluding hydrogens is 258 g/mol. The van der Waals surface area contributed by atoms with E-state index in [1.54, 1.807) is 18.2 Å². The van der Waals surface area contributed by atoms with Gasteiger partial charge in [0.1, 0.15) is 12.4 Å². The zero-order valence-electron chi connectivity index (χ0n) is 11.9. The van der Waals surface area contributed by atoms with Crippen molar-refractivity contribution in [3.8, 4) is 17.6 Å². The molecule has 0 aliphatic rings. The van der Waals surface area contributed by atoms with Crippen LogP contribution in [0.15, 0.2) is 18.2 Å². The average Bonchev–Trinajstić information content (AvgIpc) is 2.43. The molecule has 0 atom stereocenters. The van der Waals surface area contributed by atoms with Crippen LogP contribution in [0.25, 0.3) is 0 Å². The van der Waals surface area contributed by atoms with Gasteiger partial charge in [0.25, 0.3) is 0 Å². The molecule has 0 radical (unpaired) electrons. The molecule has 108 valence electrons. The molecule has 0 bridgehead atoms. The molecule has 5 heteroatoms. The highest BCUT2D eigenvalue weighted by Gasteiger charge is 2.09. The van der Waals surface area contributed by atoms with Crippen LogP contribution in [0.1, 0.15) is 19.4 Å². The summed E-state index contributed by atoms with van der Waals surface area (Å²) in [6, 6.07) is 5.10. The van der Waals surface area contributed by atoms with E-state index >= 15 is 0 Å². The van der Waals surface area contributed by atoms with Crippen LogP contribution in [0, 0.1) is 17.8 Å². The summed E-state index contributed by atoms with van der Waals surface area (Å²) in [6.45, 7) is 4.04. The fraction of sp³-hybridized carbons (Fsp3) is 0.400. The van der Waals surface area contributed by atoms with E-state index < -0.39 is 6.09 Å². The van der Waals surface area contributed by atoms with Crippen LogP contribution in [-0.2, 0) is 4.74 Å². The van der Waals surface area contributed by atoms with Crippen molar-refractivity contribution in [1.82, 2.24) is 0 Å². The minimum absolute atomic E-state index is 0.217. The molecule has 0 fully saturated rings. The lowest BCUT2D eigenvalue weighted by molar-refractivity contribution is 0.147. The van der Waals surface area contributed by atoms with E-state index in [0.29, 0.717) is 23.6 Å². The number of amides is 1. The highest BCUT2D eigenvalue weighted by molar-refractivity contribution is 5.87. The summed E-state index contributed by atoms with van der Waals surface area (Å²) in [5.41, 5.74) is 1.14. The summed E-state index contributed by atoms with van der Waals surface area (Å²) in [6.07, 6.45) is -0.538. The Bertz CT molecular complexity index is 514. The highest BCUT2D eigenvalue weighted by atomic mass is 16.5. The Kier molecular flexibility index (Phi) is 6.41. The van der Waals surface area contributed by atoms with E-state index in [4.69, 9.17) is 14.6 Å². The number of rotatable bonds is 4. The molecule has 20 heavy (non-hydrogen) atoms. The molecule has 1 rings (SSSR count). The molecule has 0 aromatic heterocycles. The Hall–Kier alpha value is -2.19. The molecule has 0 saturated carbocycles. The minimum Gasteiger partial charge on any atom is -0.495 e. The third kappa shape index (κ3) is 5.21. The standard InChI is InChI=1S/C15H19NO4/c1-11(2)10-20-15(18)16-13-9-12(5-4-8-17)6-7-14(13)19-3/h6-7,9,11,17H,8,10H2,1-3H3,(H,16,18). The normalized spacial score (nSPS) is 9.65. The zero-order chi connectivity index (χ0) is 15.0. The average molecular weight is 277 g/mol. The van der Waals surface area contributed by atoms with Crippen LogP contribution in [0.4, 0.5) is 10.5 Å². The number of carbonyl (C=O) groups excluding carboxylic acids is 1. The Morgan fingerprint density at radius 1 is 1.45 bits per heavy atom. The molecule has 0 saturated heterocycles. The van der Waals surface area contributed by atoms with Crippen molar-refractivity contribution < 1.29 is 19.4 Å². The Morgan fingerprint density at radius 3 is 2.80 bits per heavy atom. The zero-order valence-corrected chi connectivity index (χ0v) is 11.9. The summed E-state index contributed by atoms with van der Waals surface area (Å²) >= 11 is 0. The van der Waals surface area contributed by atoms with Gasteiger partial charge in [0.15, 0.2) is 0 Å². The van der Waals surface area contributed by atoms with Gasteiger partial charge in [-0.3, -0.25) is 5.32 Å². The predicted molar refractivity (Wildman–Crippen MR) is 76.8 cm³/mol. The highest BCUT2D eigenvalue weighted by Crippen LogP contribution is 2.25. The smallest absolute Gasteiger partial charge is 0.411 e. The molecule has 0 unspecified atom stereocenters. The molecule has 1 aromatic rings. The number of aliphatic hydroxyl groups excluding tert-OH is 1. The van der Waals surface area contributed by atoms with Crippen molar-refractivity contribution in [3.05, 3.63) is 23.8 Å². The van der Waals surface area contributed by atoms with E-state index in [-0.39, 0.29) is 12.5 Å². The van der Waals surface area contributed by atoms with E-state index in [1.165, 1.54) is 7.11 Å². The van der Waals surface area contributed by atoms with Crippen molar-refractivity contribution in [2.75, 3.05) is 25.6 Å². The molecule has 0 heterocycles. The molecule has 0 aliphatic heterocycles. The van der Waals surface area contributed by atoms with E-state index in [1.807, 2.05) is 13.8 Å². The second kappa shape index (κ2) is 8.08. The number of anilines is 1. The first kappa shape index (κ1) is 15.9. The third-order valence-electron chi connectivity index (χ3n) is 2.30. The Labute approximate surface area is 118 Å². The van der Waals surface area contributed by atoms with Crippen LogP contribution < -0.4 is 10.1 Å². The number of aliphatic hydroxyl groups is 1. The number of hydrogen-bond donors (Lipinski definition) is 2. The quantitative estimate of drug-likeness (QED) is 0.828. The van der Waals surface area contributed by atoms with Gasteiger partial charge >= 0.3 is 6.09 Å².